The van der Waals surface area contributed by atoms with Crippen LogP contribution in [-0.2, 0) is 19.4 Å². The minimum atomic E-state index is 0.272. The van der Waals surface area contributed by atoms with E-state index in [1.54, 1.807) is 23.1 Å². The minimum Gasteiger partial charge on any atom is -0.486 e. The molecule has 0 fully saturated rings. The number of aromatic nitrogens is 4. The number of hydrogen-bond acceptors (Lipinski definition) is 8. The van der Waals surface area contributed by atoms with E-state index in [1.165, 1.54) is 0 Å². The third kappa shape index (κ3) is 3.99. The van der Waals surface area contributed by atoms with Crippen LogP contribution in [0, 0.1) is 0 Å². The fourth-order valence-electron chi connectivity index (χ4n) is 2.93. The van der Waals surface area contributed by atoms with Crippen LogP contribution in [0.25, 0.3) is 10.6 Å². The highest BCUT2D eigenvalue weighted by molar-refractivity contribution is 7.98. The van der Waals surface area contributed by atoms with E-state index >= 15 is 0 Å². The van der Waals surface area contributed by atoms with Crippen molar-refractivity contribution >= 4 is 23.1 Å². The Morgan fingerprint density at radius 3 is 2.87 bits per heavy atom. The molecule has 0 saturated carbocycles. The van der Waals surface area contributed by atoms with Gasteiger partial charge in [-0.3, -0.25) is 0 Å². The normalized spacial score (nSPS) is 12.3. The van der Waals surface area contributed by atoms with Crippen LogP contribution in [0.1, 0.15) is 11.5 Å². The van der Waals surface area contributed by atoms with Crippen LogP contribution in [0.4, 0.5) is 0 Å². The van der Waals surface area contributed by atoms with E-state index in [2.05, 4.69) is 15.6 Å². The first-order chi connectivity index (χ1) is 14.8. The molecule has 9 heteroatoms. The van der Waals surface area contributed by atoms with Gasteiger partial charge in [-0.1, -0.05) is 30.0 Å². The second kappa shape index (κ2) is 8.37. The number of thioether (sulfide) groups is 1. The van der Waals surface area contributed by atoms with Crippen molar-refractivity contribution in [1.29, 1.82) is 0 Å². The fourth-order valence-corrected chi connectivity index (χ4v) is 4.68. The Bertz CT molecular complexity index is 1160. The van der Waals surface area contributed by atoms with Crippen molar-refractivity contribution in [1.82, 2.24) is 19.7 Å². The number of rotatable bonds is 7. The zero-order valence-corrected chi connectivity index (χ0v) is 17.8. The topological polar surface area (TPSA) is 71.3 Å². The number of ether oxygens (including phenoxy) is 3. The molecule has 0 N–H and O–H groups in total. The van der Waals surface area contributed by atoms with E-state index in [1.807, 2.05) is 60.1 Å². The third-order valence-corrected chi connectivity index (χ3v) is 6.55. The van der Waals surface area contributed by atoms with Gasteiger partial charge in [-0.15, -0.1) is 21.5 Å². The number of hydrogen-bond donors (Lipinski definition) is 0. The largest absolute Gasteiger partial charge is 0.486 e. The summed E-state index contributed by atoms with van der Waals surface area (Å²) < 4.78 is 18.6. The lowest BCUT2D eigenvalue weighted by molar-refractivity contribution is 0.174. The molecule has 0 bridgehead atoms. The first-order valence-corrected chi connectivity index (χ1v) is 11.2. The summed E-state index contributed by atoms with van der Waals surface area (Å²) in [5.41, 5.74) is 2.03. The third-order valence-electron chi connectivity index (χ3n) is 4.56. The van der Waals surface area contributed by atoms with Crippen LogP contribution in [-0.4, -0.2) is 26.5 Å². The Hall–Kier alpha value is -3.04. The molecule has 0 amide bonds. The first-order valence-electron chi connectivity index (χ1n) is 9.29. The molecule has 0 atom stereocenters. The average Bonchev–Trinajstić information content (AvgIpc) is 3.51. The minimum absolute atomic E-state index is 0.272. The molecular weight excluding hydrogens is 420 g/mol. The van der Waals surface area contributed by atoms with Gasteiger partial charge in [0.15, 0.2) is 22.5 Å². The van der Waals surface area contributed by atoms with Crippen molar-refractivity contribution in [2.75, 3.05) is 6.79 Å². The molecular formula is C21H18N4O3S2. The molecule has 0 radical (unpaired) electrons. The van der Waals surface area contributed by atoms with Crippen molar-refractivity contribution in [3.8, 4) is 27.8 Å². The molecule has 152 valence electrons. The van der Waals surface area contributed by atoms with Crippen molar-refractivity contribution in [3.05, 3.63) is 65.4 Å². The maximum absolute atomic E-state index is 5.77. The highest BCUT2D eigenvalue weighted by Gasteiger charge is 2.16. The first kappa shape index (κ1) is 19.0. The van der Waals surface area contributed by atoms with E-state index < -0.39 is 0 Å². The van der Waals surface area contributed by atoms with Gasteiger partial charge in [-0.05, 0) is 30.3 Å². The predicted octanol–water partition coefficient (Wildman–Crippen LogP) is 4.54. The molecule has 1 aliphatic heterocycles. The molecule has 1 aliphatic rings. The van der Waals surface area contributed by atoms with Crippen molar-refractivity contribution in [3.63, 3.8) is 0 Å². The number of benzene rings is 2. The van der Waals surface area contributed by atoms with Gasteiger partial charge in [0.05, 0.1) is 5.69 Å². The van der Waals surface area contributed by atoms with Gasteiger partial charge < -0.3 is 18.8 Å². The molecule has 30 heavy (non-hydrogen) atoms. The average molecular weight is 439 g/mol. The van der Waals surface area contributed by atoms with Crippen molar-refractivity contribution < 1.29 is 14.2 Å². The fraction of sp³-hybridized carbons (Fsp3) is 0.190. The van der Waals surface area contributed by atoms with Crippen molar-refractivity contribution in [2.45, 2.75) is 17.5 Å². The Morgan fingerprint density at radius 1 is 1.10 bits per heavy atom. The lowest BCUT2D eigenvalue weighted by atomic mass is 10.2. The van der Waals surface area contributed by atoms with Crippen LogP contribution >= 0.6 is 23.1 Å². The lowest BCUT2D eigenvalue weighted by Crippen LogP contribution is -2.04. The Morgan fingerprint density at radius 2 is 1.97 bits per heavy atom. The number of para-hydroxylation sites is 1. The zero-order chi connectivity index (χ0) is 20.3. The predicted molar refractivity (Wildman–Crippen MR) is 115 cm³/mol. The Kier molecular flexibility index (Phi) is 5.29. The second-order valence-corrected chi connectivity index (χ2v) is 8.36. The molecule has 0 spiro atoms. The summed E-state index contributed by atoms with van der Waals surface area (Å²) in [6, 6.07) is 15.6. The summed E-state index contributed by atoms with van der Waals surface area (Å²) in [6.07, 6.45) is 0. The zero-order valence-electron chi connectivity index (χ0n) is 16.1. The van der Waals surface area contributed by atoms with Gasteiger partial charge >= 0.3 is 0 Å². The van der Waals surface area contributed by atoms with E-state index in [-0.39, 0.29) is 6.79 Å². The summed E-state index contributed by atoms with van der Waals surface area (Å²) in [4.78, 5) is 4.75. The lowest BCUT2D eigenvalue weighted by Gasteiger charge is -2.06. The van der Waals surface area contributed by atoms with Crippen LogP contribution in [0.5, 0.6) is 17.2 Å². The smallest absolute Gasteiger partial charge is 0.231 e. The highest BCUT2D eigenvalue weighted by atomic mass is 32.2. The summed E-state index contributed by atoms with van der Waals surface area (Å²) in [5.74, 6) is 3.85. The molecule has 0 unspecified atom stereocenters. The molecule has 3 heterocycles. The monoisotopic (exact) mass is 438 g/mol. The molecule has 4 aromatic rings. The SMILES string of the molecule is Cn1c(COc2ccccc2)nnc1SCc1csc(-c2ccc3c(c2)OCO3)n1. The molecule has 7 nitrogen and oxygen atoms in total. The van der Waals surface area contributed by atoms with Gasteiger partial charge in [0, 0.05) is 23.7 Å². The van der Waals surface area contributed by atoms with E-state index in [4.69, 9.17) is 19.2 Å². The quantitative estimate of drug-likeness (QED) is 0.392. The summed E-state index contributed by atoms with van der Waals surface area (Å²) in [7, 11) is 1.95. The van der Waals surface area contributed by atoms with E-state index in [9.17, 15) is 0 Å². The maximum atomic E-state index is 5.77. The maximum Gasteiger partial charge on any atom is 0.231 e. The highest BCUT2D eigenvalue weighted by Crippen LogP contribution is 2.37. The van der Waals surface area contributed by atoms with Gasteiger partial charge in [0.25, 0.3) is 0 Å². The van der Waals surface area contributed by atoms with Gasteiger partial charge in [-0.25, -0.2) is 4.98 Å². The van der Waals surface area contributed by atoms with Gasteiger partial charge in [-0.2, -0.15) is 0 Å². The van der Waals surface area contributed by atoms with Crippen LogP contribution in [0.15, 0.2) is 59.1 Å². The summed E-state index contributed by atoms with van der Waals surface area (Å²) >= 11 is 3.22. The van der Waals surface area contributed by atoms with E-state index in [0.29, 0.717) is 12.4 Å². The van der Waals surface area contributed by atoms with Crippen LogP contribution < -0.4 is 14.2 Å². The Labute approximate surface area is 181 Å². The number of thiazole rings is 1. The van der Waals surface area contributed by atoms with E-state index in [0.717, 1.165) is 44.5 Å². The Balaban J connectivity index is 1.21. The second-order valence-electron chi connectivity index (χ2n) is 6.56. The molecule has 5 rings (SSSR count). The number of nitrogens with zero attached hydrogens (tertiary/aromatic N) is 4. The van der Waals surface area contributed by atoms with Gasteiger partial charge in [0.2, 0.25) is 6.79 Å². The molecule has 2 aromatic heterocycles. The molecule has 0 saturated heterocycles. The molecule has 0 aliphatic carbocycles. The summed E-state index contributed by atoms with van der Waals surface area (Å²) in [6.45, 7) is 0.646. The standard InChI is InChI=1S/C21H18N4O3S2/c1-25-19(10-26-16-5-3-2-4-6-16)23-24-21(25)30-12-15-11-29-20(22-15)14-7-8-17-18(9-14)28-13-27-17/h2-9,11H,10,12-13H2,1H3. The van der Waals surface area contributed by atoms with Crippen LogP contribution in [0.3, 0.4) is 0 Å². The summed E-state index contributed by atoms with van der Waals surface area (Å²) in [5, 5.41) is 12.4. The van der Waals surface area contributed by atoms with Gasteiger partial charge in [0.1, 0.15) is 17.4 Å². The number of fused-ring (bicyclic) bond motifs is 1. The van der Waals surface area contributed by atoms with Crippen LogP contribution in [0.2, 0.25) is 0 Å². The van der Waals surface area contributed by atoms with Crippen molar-refractivity contribution in [2.24, 2.45) is 7.05 Å². The molecule has 2 aromatic carbocycles.